The number of halogens is 5. The second kappa shape index (κ2) is 10.5. The van der Waals surface area contributed by atoms with E-state index < -0.39 is 65.7 Å². The number of aliphatic hydroxyl groups is 2. The largest absolute Gasteiger partial charge is 0.493 e. The summed E-state index contributed by atoms with van der Waals surface area (Å²) in [5, 5.41) is 20.7. The maximum Gasteiger partial charge on any atom is 0.417 e. The zero-order valence-electron chi connectivity index (χ0n) is 19.5. The zero-order chi connectivity index (χ0) is 26.8. The number of hydrogen-bond acceptors (Lipinski definition) is 7. The van der Waals surface area contributed by atoms with Gasteiger partial charge in [0.25, 0.3) is 5.91 Å². The van der Waals surface area contributed by atoms with E-state index >= 15 is 0 Å². The molecule has 3 rings (SSSR count). The van der Waals surface area contributed by atoms with Gasteiger partial charge in [-0.15, -0.1) is 0 Å². The topological polar surface area (TPSA) is 110 Å². The summed E-state index contributed by atoms with van der Waals surface area (Å²) in [5.41, 5.74) is -2.87. The number of aliphatic hydroxyl groups excluding tert-OH is 2. The first-order valence-corrected chi connectivity index (χ1v) is 10.8. The van der Waals surface area contributed by atoms with Gasteiger partial charge in [-0.1, -0.05) is 13.0 Å². The average molecular weight is 520 g/mol. The van der Waals surface area contributed by atoms with Crippen LogP contribution in [0.4, 0.5) is 27.6 Å². The Morgan fingerprint density at radius 2 is 2.00 bits per heavy atom. The van der Waals surface area contributed by atoms with Gasteiger partial charge in [0.2, 0.25) is 11.7 Å². The Balaban J connectivity index is 1.96. The van der Waals surface area contributed by atoms with E-state index in [1.54, 1.807) is 0 Å². The van der Waals surface area contributed by atoms with Gasteiger partial charge in [0.05, 0.1) is 13.7 Å². The van der Waals surface area contributed by atoms with E-state index in [9.17, 15) is 31.9 Å². The third-order valence-electron chi connectivity index (χ3n) is 6.21. The van der Waals surface area contributed by atoms with E-state index in [1.165, 1.54) is 25.3 Å². The molecule has 2 heterocycles. The number of benzene rings is 1. The van der Waals surface area contributed by atoms with E-state index in [-0.39, 0.29) is 23.7 Å². The lowest BCUT2D eigenvalue weighted by molar-refractivity contribution is -0.272. The van der Waals surface area contributed by atoms with Crippen molar-refractivity contribution in [2.24, 2.45) is 5.92 Å². The highest BCUT2D eigenvalue weighted by Gasteiger charge is 2.65. The molecule has 36 heavy (non-hydrogen) atoms. The van der Waals surface area contributed by atoms with Crippen molar-refractivity contribution in [1.82, 2.24) is 4.98 Å². The number of carbonyl (C=O) groups excluding carboxylic acids is 1. The van der Waals surface area contributed by atoms with Gasteiger partial charge < -0.3 is 29.7 Å². The van der Waals surface area contributed by atoms with Gasteiger partial charge in [0.15, 0.2) is 17.2 Å². The van der Waals surface area contributed by atoms with Crippen LogP contribution in [0.25, 0.3) is 0 Å². The minimum absolute atomic E-state index is 0.0417. The molecule has 0 saturated carbocycles. The first-order chi connectivity index (χ1) is 16.8. The summed E-state index contributed by atoms with van der Waals surface area (Å²) >= 11 is 0. The molecule has 1 aromatic carbocycles. The molecule has 1 aliphatic heterocycles. The molecule has 8 nitrogen and oxygen atoms in total. The van der Waals surface area contributed by atoms with Crippen LogP contribution in [0.1, 0.15) is 25.3 Å². The van der Waals surface area contributed by atoms with E-state index in [1.807, 2.05) is 0 Å². The van der Waals surface area contributed by atoms with Gasteiger partial charge in [-0.25, -0.2) is 9.37 Å². The molecule has 0 radical (unpaired) electrons. The van der Waals surface area contributed by atoms with Crippen LogP contribution < -0.4 is 14.8 Å². The molecule has 1 aromatic heterocycles. The van der Waals surface area contributed by atoms with Crippen LogP contribution in [0.5, 0.6) is 11.6 Å². The number of carbonyl (C=O) groups is 1. The fourth-order valence-corrected chi connectivity index (χ4v) is 4.05. The number of pyridine rings is 1. The predicted molar refractivity (Wildman–Crippen MR) is 116 cm³/mol. The Bertz CT molecular complexity index is 1100. The van der Waals surface area contributed by atoms with Crippen LogP contribution in [-0.4, -0.2) is 65.4 Å². The minimum atomic E-state index is -4.89. The Kier molecular flexibility index (Phi) is 8.06. The summed E-state index contributed by atoms with van der Waals surface area (Å²) in [6.45, 7) is 1.14. The van der Waals surface area contributed by atoms with Crippen LogP contribution in [-0.2, 0) is 9.53 Å². The number of amides is 1. The zero-order valence-corrected chi connectivity index (χ0v) is 19.5. The first kappa shape index (κ1) is 27.6. The number of aromatic nitrogens is 1. The highest BCUT2D eigenvalue weighted by Crippen LogP contribution is 2.55. The van der Waals surface area contributed by atoms with E-state index in [4.69, 9.17) is 19.3 Å². The van der Waals surface area contributed by atoms with Crippen molar-refractivity contribution in [3.05, 3.63) is 47.7 Å². The summed E-state index contributed by atoms with van der Waals surface area (Å²) in [6, 6.07) is 4.39. The molecule has 1 aliphatic rings. The Hall–Kier alpha value is -3.03. The van der Waals surface area contributed by atoms with Gasteiger partial charge in [-0.2, -0.15) is 17.6 Å². The number of ether oxygens (including phenoxy) is 3. The van der Waals surface area contributed by atoms with Crippen molar-refractivity contribution in [3.8, 4) is 11.6 Å². The number of nitrogens with zero attached hydrogens (tertiary/aromatic N) is 1. The number of anilines is 1. The van der Waals surface area contributed by atoms with Crippen LogP contribution >= 0.6 is 0 Å². The normalized spacial score (nSPS) is 24.9. The number of alkyl halides is 3. The van der Waals surface area contributed by atoms with Crippen LogP contribution in [0.15, 0.2) is 30.5 Å². The molecule has 5 atom stereocenters. The first-order valence-electron chi connectivity index (χ1n) is 10.8. The molecular formula is C23H25F5N2O6. The molecule has 0 aliphatic carbocycles. The third-order valence-corrected chi connectivity index (χ3v) is 6.21. The second-order valence-corrected chi connectivity index (χ2v) is 8.46. The van der Waals surface area contributed by atoms with Crippen molar-refractivity contribution >= 4 is 11.6 Å². The molecule has 2 aromatic rings. The van der Waals surface area contributed by atoms with Crippen molar-refractivity contribution in [1.29, 1.82) is 0 Å². The van der Waals surface area contributed by atoms with Gasteiger partial charge in [-0.05, 0) is 19.1 Å². The Morgan fingerprint density at radius 1 is 1.31 bits per heavy atom. The number of nitrogens with one attached hydrogen (secondary N) is 1. The molecule has 13 heteroatoms. The number of methoxy groups -OCH3 is 1. The standard InChI is InChI=1S/C23H25F5N2O6/c1-11-17(14-4-5-15(24)18(25)19(14)34-3)20(36-22(11,2)23(26,27)28)21(33)30-12-6-7-29-16(8-12)35-10-13(32)9-31/h4-8,11,13,17,20,31-32H,9-10H2,1-3H3,(H,29,30,33)/t11-,13+,17-,20+,22+/m1/s1. The average Bonchev–Trinajstić information content (AvgIpc) is 3.11. The summed E-state index contributed by atoms with van der Waals surface area (Å²) < 4.78 is 85.7. The van der Waals surface area contributed by atoms with Crippen LogP contribution in [0.2, 0.25) is 0 Å². The van der Waals surface area contributed by atoms with Crippen molar-refractivity contribution in [2.75, 3.05) is 25.6 Å². The van der Waals surface area contributed by atoms with Crippen LogP contribution in [0, 0.1) is 17.6 Å². The van der Waals surface area contributed by atoms with Crippen molar-refractivity contribution < 1.29 is 51.2 Å². The Labute approximate surface area is 203 Å². The third kappa shape index (κ3) is 5.22. The number of rotatable bonds is 8. The van der Waals surface area contributed by atoms with Gasteiger partial charge >= 0.3 is 6.18 Å². The van der Waals surface area contributed by atoms with Gasteiger partial charge in [-0.3, -0.25) is 4.79 Å². The monoisotopic (exact) mass is 520 g/mol. The summed E-state index contributed by atoms with van der Waals surface area (Å²) in [7, 11) is 1.03. The summed E-state index contributed by atoms with van der Waals surface area (Å²) in [6.07, 6.45) is -6.59. The lowest BCUT2D eigenvalue weighted by Crippen LogP contribution is -2.47. The van der Waals surface area contributed by atoms with E-state index in [0.717, 1.165) is 26.2 Å². The molecule has 1 fully saturated rings. The number of hydrogen-bond donors (Lipinski definition) is 3. The smallest absolute Gasteiger partial charge is 0.417 e. The van der Waals surface area contributed by atoms with E-state index in [2.05, 4.69) is 10.3 Å². The van der Waals surface area contributed by atoms with Crippen molar-refractivity contribution in [3.63, 3.8) is 0 Å². The minimum Gasteiger partial charge on any atom is -0.493 e. The fourth-order valence-electron chi connectivity index (χ4n) is 4.05. The highest BCUT2D eigenvalue weighted by atomic mass is 19.4. The molecule has 0 bridgehead atoms. The summed E-state index contributed by atoms with van der Waals surface area (Å²) in [4.78, 5) is 17.1. The predicted octanol–water partition coefficient (Wildman–Crippen LogP) is 3.18. The maximum atomic E-state index is 14.4. The summed E-state index contributed by atoms with van der Waals surface area (Å²) in [5.74, 6) is -7.08. The lowest BCUT2D eigenvalue weighted by Gasteiger charge is -2.32. The molecule has 0 spiro atoms. The molecule has 1 saturated heterocycles. The Morgan fingerprint density at radius 3 is 2.61 bits per heavy atom. The van der Waals surface area contributed by atoms with E-state index in [0.29, 0.717) is 0 Å². The van der Waals surface area contributed by atoms with Gasteiger partial charge in [0.1, 0.15) is 18.8 Å². The second-order valence-electron chi connectivity index (χ2n) is 8.46. The quantitative estimate of drug-likeness (QED) is 0.459. The van der Waals surface area contributed by atoms with Crippen molar-refractivity contribution in [2.45, 2.75) is 43.8 Å². The lowest BCUT2D eigenvalue weighted by atomic mass is 9.77. The molecular weight excluding hydrogens is 495 g/mol. The van der Waals surface area contributed by atoms with Crippen LogP contribution in [0.3, 0.4) is 0 Å². The molecule has 1 amide bonds. The fraction of sp³-hybridized carbons (Fsp3) is 0.478. The highest BCUT2D eigenvalue weighted by molar-refractivity contribution is 5.95. The molecule has 198 valence electrons. The SMILES string of the molecule is COc1c([C@@H]2[C@@H](C(=O)Nc3ccnc(OC[C@@H](O)CO)c3)O[C@](C)(C(F)(F)F)[C@@H]2C)ccc(F)c1F. The maximum absolute atomic E-state index is 14.4. The molecule has 0 unspecified atom stereocenters. The van der Waals surface area contributed by atoms with Gasteiger partial charge in [0, 0.05) is 35.3 Å². The molecule has 3 N–H and O–H groups in total.